The lowest BCUT2D eigenvalue weighted by Crippen LogP contribution is -1.97. The van der Waals surface area contributed by atoms with Crippen molar-refractivity contribution in [3.05, 3.63) is 24.3 Å². The first-order chi connectivity index (χ1) is 6.72. The van der Waals surface area contributed by atoms with Crippen LogP contribution in [0.2, 0.25) is 0 Å². The lowest BCUT2D eigenvalue weighted by molar-refractivity contribution is 0.0690. The molecule has 0 saturated carbocycles. The smallest absolute Gasteiger partial charge is 0.356 e. The Kier molecular flexibility index (Phi) is 2.12. The number of rotatable bonds is 2. The van der Waals surface area contributed by atoms with Gasteiger partial charge in [-0.25, -0.2) is 14.3 Å². The largest absolute Gasteiger partial charge is 0.476 e. The highest BCUT2D eigenvalue weighted by Crippen LogP contribution is 2.20. The van der Waals surface area contributed by atoms with Gasteiger partial charge in [-0.15, -0.1) is 11.8 Å². The molecular formula is C8H7N3O2S. The van der Waals surface area contributed by atoms with Gasteiger partial charge in [0.05, 0.1) is 10.4 Å². The predicted molar refractivity (Wildman–Crippen MR) is 51.7 cm³/mol. The number of nitrogens with zero attached hydrogens (tertiary/aromatic N) is 3. The molecule has 6 heteroatoms. The summed E-state index contributed by atoms with van der Waals surface area (Å²) in [6, 6.07) is 1.54. The van der Waals surface area contributed by atoms with Crippen LogP contribution < -0.4 is 0 Å². The van der Waals surface area contributed by atoms with E-state index in [1.807, 2.05) is 6.26 Å². The molecule has 0 atom stereocenters. The number of hydrogen-bond acceptors (Lipinski definition) is 4. The summed E-state index contributed by atoms with van der Waals surface area (Å²) in [5.41, 5.74) is 0.804. The molecule has 0 spiro atoms. The van der Waals surface area contributed by atoms with E-state index >= 15 is 0 Å². The maximum atomic E-state index is 10.7. The summed E-state index contributed by atoms with van der Waals surface area (Å²) in [5.74, 6) is -1.03. The topological polar surface area (TPSA) is 67.5 Å². The summed E-state index contributed by atoms with van der Waals surface area (Å²) >= 11 is 1.51. The predicted octanol–water partition coefficient (Wildman–Crippen LogP) is 1.15. The van der Waals surface area contributed by atoms with Crippen LogP contribution in [-0.4, -0.2) is 31.9 Å². The zero-order valence-corrected chi connectivity index (χ0v) is 8.15. The summed E-state index contributed by atoms with van der Waals surface area (Å²) < 4.78 is 1.47. The number of fused-ring (bicyclic) bond motifs is 1. The van der Waals surface area contributed by atoms with Gasteiger partial charge < -0.3 is 5.11 Å². The van der Waals surface area contributed by atoms with E-state index in [0.29, 0.717) is 0 Å². The van der Waals surface area contributed by atoms with Crippen LogP contribution in [0.4, 0.5) is 0 Å². The second-order valence-corrected chi connectivity index (χ2v) is 3.47. The number of aromatic nitrogens is 3. The maximum Gasteiger partial charge on any atom is 0.356 e. The van der Waals surface area contributed by atoms with Crippen LogP contribution >= 0.6 is 11.8 Å². The van der Waals surface area contributed by atoms with Crippen molar-refractivity contribution >= 4 is 23.2 Å². The van der Waals surface area contributed by atoms with Gasteiger partial charge in [-0.3, -0.25) is 0 Å². The summed E-state index contributed by atoms with van der Waals surface area (Å²) in [6.07, 6.45) is 5.08. The molecule has 0 aliphatic heterocycles. The molecule has 72 valence electrons. The van der Waals surface area contributed by atoms with E-state index < -0.39 is 5.97 Å². The zero-order valence-electron chi connectivity index (χ0n) is 7.34. The second-order valence-electron chi connectivity index (χ2n) is 2.63. The molecule has 2 heterocycles. The molecule has 2 rings (SSSR count). The van der Waals surface area contributed by atoms with Crippen molar-refractivity contribution in [1.29, 1.82) is 0 Å². The maximum absolute atomic E-state index is 10.7. The van der Waals surface area contributed by atoms with E-state index in [1.54, 1.807) is 6.20 Å². The van der Waals surface area contributed by atoms with Gasteiger partial charge in [0.15, 0.2) is 5.69 Å². The molecule has 0 fully saturated rings. The molecule has 0 amide bonds. The molecule has 0 radical (unpaired) electrons. The minimum atomic E-state index is -1.03. The van der Waals surface area contributed by atoms with Crippen molar-refractivity contribution < 1.29 is 9.90 Å². The summed E-state index contributed by atoms with van der Waals surface area (Å²) in [5, 5.41) is 12.6. The van der Waals surface area contributed by atoms with Crippen molar-refractivity contribution in [3.63, 3.8) is 0 Å². The van der Waals surface area contributed by atoms with Gasteiger partial charge in [0.1, 0.15) is 6.33 Å². The molecule has 0 saturated heterocycles. The Balaban J connectivity index is 2.70. The molecule has 1 N–H and O–H groups in total. The van der Waals surface area contributed by atoms with E-state index in [0.717, 1.165) is 10.4 Å². The van der Waals surface area contributed by atoms with Crippen LogP contribution in [0.15, 0.2) is 23.5 Å². The van der Waals surface area contributed by atoms with Crippen molar-refractivity contribution in [1.82, 2.24) is 14.6 Å². The summed E-state index contributed by atoms with van der Waals surface area (Å²) in [6.45, 7) is 0. The van der Waals surface area contributed by atoms with Crippen LogP contribution in [0, 0.1) is 0 Å². The van der Waals surface area contributed by atoms with E-state index in [2.05, 4.69) is 10.1 Å². The molecule has 0 unspecified atom stereocenters. The first kappa shape index (κ1) is 9.01. The highest BCUT2D eigenvalue weighted by molar-refractivity contribution is 7.98. The SMILES string of the molecule is CSc1cncn2nc(C(=O)O)cc12. The van der Waals surface area contributed by atoms with E-state index in [9.17, 15) is 4.79 Å². The van der Waals surface area contributed by atoms with Crippen molar-refractivity contribution in [3.8, 4) is 0 Å². The minimum Gasteiger partial charge on any atom is -0.476 e. The molecule has 0 aliphatic carbocycles. The molecule has 2 aromatic rings. The summed E-state index contributed by atoms with van der Waals surface area (Å²) in [4.78, 5) is 15.5. The fourth-order valence-corrected chi connectivity index (χ4v) is 1.69. The quantitative estimate of drug-likeness (QED) is 0.751. The average Bonchev–Trinajstić information content (AvgIpc) is 2.60. The fraction of sp³-hybridized carbons (Fsp3) is 0.125. The van der Waals surface area contributed by atoms with Crippen LogP contribution in [0.5, 0.6) is 0 Å². The van der Waals surface area contributed by atoms with E-state index in [-0.39, 0.29) is 5.69 Å². The van der Waals surface area contributed by atoms with Gasteiger partial charge in [-0.1, -0.05) is 0 Å². The fourth-order valence-electron chi connectivity index (χ4n) is 1.16. The van der Waals surface area contributed by atoms with Gasteiger partial charge in [-0.2, -0.15) is 5.10 Å². The van der Waals surface area contributed by atoms with Crippen molar-refractivity contribution in [2.45, 2.75) is 4.90 Å². The average molecular weight is 209 g/mol. The van der Waals surface area contributed by atoms with Crippen LogP contribution in [0.3, 0.4) is 0 Å². The monoisotopic (exact) mass is 209 g/mol. The third-order valence-corrected chi connectivity index (χ3v) is 2.55. The van der Waals surface area contributed by atoms with Gasteiger partial charge in [-0.05, 0) is 6.26 Å². The van der Waals surface area contributed by atoms with Crippen LogP contribution in [0.1, 0.15) is 10.5 Å². The number of aromatic carboxylic acids is 1. The number of thioether (sulfide) groups is 1. The zero-order chi connectivity index (χ0) is 10.1. The Labute approximate surface area is 83.8 Å². The number of hydrogen-bond donors (Lipinski definition) is 1. The molecule has 5 nitrogen and oxygen atoms in total. The van der Waals surface area contributed by atoms with Crippen molar-refractivity contribution in [2.75, 3.05) is 6.26 Å². The van der Waals surface area contributed by atoms with Crippen LogP contribution in [0.25, 0.3) is 5.52 Å². The van der Waals surface area contributed by atoms with Gasteiger partial charge in [0.25, 0.3) is 0 Å². The lowest BCUT2D eigenvalue weighted by Gasteiger charge is -1.96. The van der Waals surface area contributed by atoms with Gasteiger partial charge >= 0.3 is 5.97 Å². The lowest BCUT2D eigenvalue weighted by atomic mass is 10.4. The van der Waals surface area contributed by atoms with Crippen molar-refractivity contribution in [2.24, 2.45) is 0 Å². The molecule has 0 bridgehead atoms. The first-order valence-electron chi connectivity index (χ1n) is 3.83. The third-order valence-electron chi connectivity index (χ3n) is 1.80. The number of carboxylic acids is 1. The first-order valence-corrected chi connectivity index (χ1v) is 5.05. The Hall–Kier alpha value is -1.56. The molecule has 0 aromatic carbocycles. The highest BCUT2D eigenvalue weighted by Gasteiger charge is 2.10. The molecule has 2 aromatic heterocycles. The second kappa shape index (κ2) is 3.30. The van der Waals surface area contributed by atoms with E-state index in [1.165, 1.54) is 28.7 Å². The Morgan fingerprint density at radius 2 is 2.43 bits per heavy atom. The molecule has 0 aliphatic rings. The van der Waals surface area contributed by atoms with E-state index in [4.69, 9.17) is 5.11 Å². The Morgan fingerprint density at radius 1 is 1.64 bits per heavy atom. The Bertz CT molecular complexity index is 494. The number of carboxylic acid groups (broad SMARTS) is 1. The molecule has 14 heavy (non-hydrogen) atoms. The standard InChI is InChI=1S/C8H7N3O2S/c1-14-7-3-9-4-11-6(7)2-5(10-11)8(12)13/h2-4H,1H3,(H,12,13). The van der Waals surface area contributed by atoms with Gasteiger partial charge in [0, 0.05) is 12.3 Å². The summed E-state index contributed by atoms with van der Waals surface area (Å²) in [7, 11) is 0. The third kappa shape index (κ3) is 1.33. The number of carbonyl (C=O) groups is 1. The minimum absolute atomic E-state index is 0.0355. The normalized spacial score (nSPS) is 10.6. The van der Waals surface area contributed by atoms with Gasteiger partial charge in [0.2, 0.25) is 0 Å². The molecular weight excluding hydrogens is 202 g/mol. The Morgan fingerprint density at radius 3 is 3.07 bits per heavy atom. The highest BCUT2D eigenvalue weighted by atomic mass is 32.2. The van der Waals surface area contributed by atoms with Crippen LogP contribution in [-0.2, 0) is 0 Å².